The number of rotatable bonds is 5. The van der Waals surface area contributed by atoms with E-state index in [4.69, 9.17) is 14.7 Å². The normalized spacial score (nSPS) is 15.1. The molecule has 0 aliphatic carbocycles. The Balaban J connectivity index is 1.94. The fourth-order valence-corrected chi connectivity index (χ4v) is 2.13. The summed E-state index contributed by atoms with van der Waals surface area (Å²) in [7, 11) is 1.61. The summed E-state index contributed by atoms with van der Waals surface area (Å²) in [6.07, 6.45) is 1.47. The molecule has 0 radical (unpaired) electrons. The molecule has 1 saturated heterocycles. The summed E-state index contributed by atoms with van der Waals surface area (Å²) in [4.78, 5) is 13.8. The zero-order valence-electron chi connectivity index (χ0n) is 12.5. The van der Waals surface area contributed by atoms with Gasteiger partial charge in [-0.3, -0.25) is 4.79 Å². The van der Waals surface area contributed by atoms with Gasteiger partial charge in [0.1, 0.15) is 17.4 Å². The largest absolute Gasteiger partial charge is 0.497 e. The summed E-state index contributed by atoms with van der Waals surface area (Å²) in [5.41, 5.74) is 1.11. The number of benzene rings is 1. The second-order valence-corrected chi connectivity index (χ2v) is 4.81. The number of amides is 1. The lowest BCUT2D eigenvalue weighted by Gasteiger charge is -2.26. The molecule has 1 aromatic carbocycles. The third-order valence-electron chi connectivity index (χ3n) is 3.34. The van der Waals surface area contributed by atoms with Crippen molar-refractivity contribution < 1.29 is 14.3 Å². The van der Waals surface area contributed by atoms with Crippen molar-refractivity contribution in [2.24, 2.45) is 0 Å². The molecule has 2 rings (SSSR count). The van der Waals surface area contributed by atoms with Gasteiger partial charge in [-0.05, 0) is 17.7 Å². The number of ether oxygens (including phenoxy) is 2. The van der Waals surface area contributed by atoms with Gasteiger partial charge in [0.05, 0.1) is 20.3 Å². The maximum Gasteiger partial charge on any atom is 0.266 e. The molecule has 6 nitrogen and oxygen atoms in total. The first-order chi connectivity index (χ1) is 10.7. The van der Waals surface area contributed by atoms with Crippen LogP contribution in [0.25, 0.3) is 0 Å². The number of nitrogens with one attached hydrogen (secondary N) is 1. The van der Waals surface area contributed by atoms with Gasteiger partial charge in [0.2, 0.25) is 0 Å². The topological polar surface area (TPSA) is 74.6 Å². The molecule has 6 heteroatoms. The number of hydrogen-bond donors (Lipinski definition) is 1. The number of morpholine rings is 1. The van der Waals surface area contributed by atoms with E-state index in [0.29, 0.717) is 32.8 Å². The first kappa shape index (κ1) is 15.9. The molecule has 1 fully saturated rings. The minimum absolute atomic E-state index is 0.102. The first-order valence-electron chi connectivity index (χ1n) is 7.08. The molecule has 0 unspecified atom stereocenters. The van der Waals surface area contributed by atoms with Crippen molar-refractivity contribution in [1.29, 1.82) is 5.26 Å². The van der Waals surface area contributed by atoms with E-state index in [-0.39, 0.29) is 11.5 Å². The summed E-state index contributed by atoms with van der Waals surface area (Å²) in [6, 6.07) is 9.55. The number of carbonyl (C=O) groups excluding carboxylic acids is 1. The standard InChI is InChI=1S/C16H19N3O3/c1-21-15-4-2-3-13(9-15)11-18-12-14(10-17)16(20)19-5-7-22-8-6-19/h2-4,9,12,18H,5-8,11H2,1H3/b14-12-. The first-order valence-corrected chi connectivity index (χ1v) is 7.08. The van der Waals surface area contributed by atoms with E-state index in [2.05, 4.69) is 5.32 Å². The quantitative estimate of drug-likeness (QED) is 0.650. The van der Waals surface area contributed by atoms with Gasteiger partial charge in [-0.25, -0.2) is 0 Å². The van der Waals surface area contributed by atoms with E-state index in [1.807, 2.05) is 30.3 Å². The molecule has 1 heterocycles. The maximum absolute atomic E-state index is 12.2. The molecule has 1 aromatic rings. The average molecular weight is 301 g/mol. The molecule has 0 saturated carbocycles. The molecule has 0 aromatic heterocycles. The minimum Gasteiger partial charge on any atom is -0.497 e. The number of carbonyl (C=O) groups is 1. The molecule has 1 amide bonds. The third-order valence-corrected chi connectivity index (χ3v) is 3.34. The summed E-state index contributed by atoms with van der Waals surface area (Å²) in [5.74, 6) is 0.511. The summed E-state index contributed by atoms with van der Waals surface area (Å²) < 4.78 is 10.4. The zero-order valence-corrected chi connectivity index (χ0v) is 12.5. The molecule has 22 heavy (non-hydrogen) atoms. The molecule has 0 spiro atoms. The van der Waals surface area contributed by atoms with Gasteiger partial charge in [-0.1, -0.05) is 12.1 Å². The van der Waals surface area contributed by atoms with Crippen LogP contribution in [-0.4, -0.2) is 44.2 Å². The van der Waals surface area contributed by atoms with Crippen LogP contribution in [0.3, 0.4) is 0 Å². The Bertz CT molecular complexity index is 587. The predicted molar refractivity (Wildman–Crippen MR) is 80.9 cm³/mol. The predicted octanol–water partition coefficient (Wildman–Crippen LogP) is 1.05. The summed E-state index contributed by atoms with van der Waals surface area (Å²) >= 11 is 0. The second kappa shape index (κ2) is 8.05. The monoisotopic (exact) mass is 301 g/mol. The molecule has 116 valence electrons. The van der Waals surface area contributed by atoms with Crippen molar-refractivity contribution in [2.45, 2.75) is 6.54 Å². The molecule has 1 N–H and O–H groups in total. The van der Waals surface area contributed by atoms with Gasteiger partial charge >= 0.3 is 0 Å². The lowest BCUT2D eigenvalue weighted by molar-refractivity contribution is -0.130. The van der Waals surface area contributed by atoms with Gasteiger partial charge in [0.15, 0.2) is 0 Å². The lowest BCUT2D eigenvalue weighted by atomic mass is 10.2. The maximum atomic E-state index is 12.2. The van der Waals surface area contributed by atoms with Crippen molar-refractivity contribution in [3.63, 3.8) is 0 Å². The number of nitriles is 1. The van der Waals surface area contributed by atoms with Crippen molar-refractivity contribution in [1.82, 2.24) is 10.2 Å². The van der Waals surface area contributed by atoms with Crippen LogP contribution >= 0.6 is 0 Å². The van der Waals surface area contributed by atoms with Crippen LogP contribution in [0.5, 0.6) is 5.75 Å². The third kappa shape index (κ3) is 4.24. The SMILES string of the molecule is COc1cccc(CN/C=C(/C#N)C(=O)N2CCOCC2)c1. The van der Waals surface area contributed by atoms with Crippen LogP contribution in [0.1, 0.15) is 5.56 Å². The molecule has 0 bridgehead atoms. The van der Waals surface area contributed by atoms with E-state index in [0.717, 1.165) is 11.3 Å². The zero-order chi connectivity index (χ0) is 15.8. The Morgan fingerprint density at radius 1 is 1.50 bits per heavy atom. The molecule has 0 atom stereocenters. The van der Waals surface area contributed by atoms with Crippen LogP contribution in [-0.2, 0) is 16.1 Å². The van der Waals surface area contributed by atoms with E-state index < -0.39 is 0 Å². The highest BCUT2D eigenvalue weighted by Gasteiger charge is 2.20. The number of nitrogens with zero attached hydrogens (tertiary/aromatic N) is 2. The van der Waals surface area contributed by atoms with Crippen LogP contribution in [0.15, 0.2) is 36.0 Å². The average Bonchev–Trinajstić information content (AvgIpc) is 2.59. The van der Waals surface area contributed by atoms with Crippen LogP contribution < -0.4 is 10.1 Å². The Kier molecular flexibility index (Phi) is 5.81. The summed E-state index contributed by atoms with van der Waals surface area (Å²) in [6.45, 7) is 2.59. The van der Waals surface area contributed by atoms with Crippen LogP contribution in [0.2, 0.25) is 0 Å². The highest BCUT2D eigenvalue weighted by molar-refractivity contribution is 5.97. The van der Waals surface area contributed by atoms with E-state index >= 15 is 0 Å². The van der Waals surface area contributed by atoms with Crippen LogP contribution in [0.4, 0.5) is 0 Å². The summed E-state index contributed by atoms with van der Waals surface area (Å²) in [5, 5.41) is 12.2. The number of methoxy groups -OCH3 is 1. The Hall–Kier alpha value is -2.52. The van der Waals surface area contributed by atoms with Gasteiger partial charge in [0, 0.05) is 25.8 Å². The van der Waals surface area contributed by atoms with E-state index in [1.165, 1.54) is 6.20 Å². The van der Waals surface area contributed by atoms with E-state index in [1.54, 1.807) is 12.0 Å². The molecule has 1 aliphatic rings. The Labute approximate surface area is 129 Å². The Morgan fingerprint density at radius 2 is 2.27 bits per heavy atom. The fraction of sp³-hybridized carbons (Fsp3) is 0.375. The van der Waals surface area contributed by atoms with Crippen molar-refractivity contribution >= 4 is 5.91 Å². The van der Waals surface area contributed by atoms with Crippen LogP contribution in [0, 0.1) is 11.3 Å². The number of hydrogen-bond acceptors (Lipinski definition) is 5. The second-order valence-electron chi connectivity index (χ2n) is 4.81. The van der Waals surface area contributed by atoms with E-state index in [9.17, 15) is 4.79 Å². The molecular formula is C16H19N3O3. The lowest BCUT2D eigenvalue weighted by Crippen LogP contribution is -2.41. The fourth-order valence-electron chi connectivity index (χ4n) is 2.13. The van der Waals surface area contributed by atoms with Gasteiger partial charge in [0.25, 0.3) is 5.91 Å². The Morgan fingerprint density at radius 3 is 2.95 bits per heavy atom. The molecular weight excluding hydrogens is 282 g/mol. The van der Waals surface area contributed by atoms with Gasteiger partial charge < -0.3 is 19.7 Å². The highest BCUT2D eigenvalue weighted by Crippen LogP contribution is 2.12. The highest BCUT2D eigenvalue weighted by atomic mass is 16.5. The minimum atomic E-state index is -0.260. The van der Waals surface area contributed by atoms with Gasteiger partial charge in [-0.2, -0.15) is 5.26 Å². The van der Waals surface area contributed by atoms with Crippen molar-refractivity contribution in [3.8, 4) is 11.8 Å². The van der Waals surface area contributed by atoms with Crippen molar-refractivity contribution in [3.05, 3.63) is 41.6 Å². The van der Waals surface area contributed by atoms with Gasteiger partial charge in [-0.15, -0.1) is 0 Å². The smallest absolute Gasteiger partial charge is 0.266 e. The molecule has 1 aliphatic heterocycles. The van der Waals surface area contributed by atoms with Crippen molar-refractivity contribution in [2.75, 3.05) is 33.4 Å².